The fourth-order valence-corrected chi connectivity index (χ4v) is 7.30. The molecule has 3 aliphatic rings. The van der Waals surface area contributed by atoms with Gasteiger partial charge in [-0.15, -0.1) is 0 Å². The average Bonchev–Trinajstić information content (AvgIpc) is 3.54. The number of amides is 2. The van der Waals surface area contributed by atoms with Crippen LogP contribution in [0.4, 0.5) is 5.69 Å². The number of H-pyrrole nitrogens is 1. The molecule has 1 saturated carbocycles. The number of nitrogens with one attached hydrogen (secondary N) is 2. The second-order valence-electron chi connectivity index (χ2n) is 13.4. The van der Waals surface area contributed by atoms with Crippen molar-refractivity contribution in [1.82, 2.24) is 20.1 Å². The van der Waals surface area contributed by atoms with Crippen LogP contribution in [0, 0.1) is 0 Å². The van der Waals surface area contributed by atoms with Crippen LogP contribution in [0.1, 0.15) is 48.8 Å². The first-order valence-electron chi connectivity index (χ1n) is 15.3. The number of fused-ring (bicyclic) bond motifs is 6. The van der Waals surface area contributed by atoms with Gasteiger partial charge in [-0.2, -0.15) is 5.10 Å². The number of rotatable bonds is 12. The first-order valence-corrected chi connectivity index (χ1v) is 19.0. The first-order chi connectivity index (χ1) is 20.1. The van der Waals surface area contributed by atoms with Crippen molar-refractivity contribution in [3.05, 3.63) is 35.0 Å². The highest BCUT2D eigenvalue weighted by Crippen LogP contribution is 2.49. The predicted molar refractivity (Wildman–Crippen MR) is 164 cm³/mol. The largest absolute Gasteiger partial charge is 0.396 e. The fourth-order valence-electron chi connectivity index (χ4n) is 6.54. The normalized spacial score (nSPS) is 17.7. The van der Waals surface area contributed by atoms with Crippen molar-refractivity contribution in [2.45, 2.75) is 88.8 Å². The Morgan fingerprint density at radius 3 is 2.64 bits per heavy atom. The summed E-state index contributed by atoms with van der Waals surface area (Å²) in [6.45, 7) is 7.71. The Hall–Kier alpha value is -2.99. The molecule has 2 aromatic heterocycles. The number of aryl methyl sites for hydroxylation is 2. The monoisotopic (exact) mass is 593 g/mol. The number of ether oxygens (including phenoxy) is 1. The maximum Gasteiger partial charge on any atom is 0.240 e. The maximum absolute atomic E-state index is 14.0. The topological polar surface area (TPSA) is 133 Å². The summed E-state index contributed by atoms with van der Waals surface area (Å²) in [5, 5.41) is 29.0. The zero-order valence-electron chi connectivity index (χ0n) is 25.0. The summed E-state index contributed by atoms with van der Waals surface area (Å²) < 4.78 is 7.86. The zero-order chi connectivity index (χ0) is 29.6. The van der Waals surface area contributed by atoms with Gasteiger partial charge in [0.05, 0.1) is 11.1 Å². The van der Waals surface area contributed by atoms with Gasteiger partial charge in [0.2, 0.25) is 11.8 Å². The highest BCUT2D eigenvalue weighted by molar-refractivity contribution is 6.76. The summed E-state index contributed by atoms with van der Waals surface area (Å²) in [7, 11) is -1.16. The van der Waals surface area contributed by atoms with Crippen molar-refractivity contribution >= 4 is 36.5 Å². The number of nitrogens with zero attached hydrogens (tertiary/aromatic N) is 3. The van der Waals surface area contributed by atoms with Crippen molar-refractivity contribution in [3.8, 4) is 11.4 Å². The van der Waals surface area contributed by atoms with Gasteiger partial charge in [-0.25, -0.2) is 4.68 Å². The van der Waals surface area contributed by atoms with E-state index in [1.54, 1.807) is 4.90 Å². The number of benzene rings is 1. The molecule has 0 saturated heterocycles. The molecule has 3 heterocycles. The van der Waals surface area contributed by atoms with Gasteiger partial charge >= 0.3 is 0 Å². The average molecular weight is 594 g/mol. The number of aromatic amines is 1. The number of anilines is 1. The lowest BCUT2D eigenvalue weighted by atomic mass is 9.76. The SMILES string of the molecule is C[Si](C)(C)CCOCn1cc2c(n1)-c1[nH]c3cc4c(cc3c1CCC2)N(CC(=O)NC1CC1)C(=O)C4(CCO)CCO. The van der Waals surface area contributed by atoms with Crippen molar-refractivity contribution in [2.75, 3.05) is 31.3 Å². The molecule has 2 aliphatic carbocycles. The number of aliphatic hydroxyl groups excluding tert-OH is 2. The summed E-state index contributed by atoms with van der Waals surface area (Å²) in [5.74, 6) is -0.420. The van der Waals surface area contributed by atoms with Crippen LogP contribution in [0.2, 0.25) is 25.7 Å². The minimum Gasteiger partial charge on any atom is -0.396 e. The second kappa shape index (κ2) is 11.3. The van der Waals surface area contributed by atoms with Crippen molar-refractivity contribution in [1.29, 1.82) is 0 Å². The molecule has 10 nitrogen and oxygen atoms in total. The second-order valence-corrected chi connectivity index (χ2v) is 19.0. The fraction of sp³-hybridized carbons (Fsp3) is 0.581. The third kappa shape index (κ3) is 5.43. The van der Waals surface area contributed by atoms with E-state index >= 15 is 0 Å². The van der Waals surface area contributed by atoms with E-state index in [2.05, 4.69) is 36.1 Å². The predicted octanol–water partition coefficient (Wildman–Crippen LogP) is 3.46. The lowest BCUT2D eigenvalue weighted by Gasteiger charge is -2.27. The molecule has 1 aliphatic heterocycles. The molecular formula is C31H43N5O5Si. The molecule has 42 heavy (non-hydrogen) atoms. The molecule has 0 atom stereocenters. The Bertz CT molecular complexity index is 1500. The van der Waals surface area contributed by atoms with Gasteiger partial charge < -0.3 is 30.2 Å². The zero-order valence-corrected chi connectivity index (χ0v) is 26.0. The molecule has 226 valence electrons. The van der Waals surface area contributed by atoms with Gasteiger partial charge in [0, 0.05) is 56.7 Å². The van der Waals surface area contributed by atoms with Crippen LogP contribution in [0.25, 0.3) is 22.3 Å². The molecule has 0 bridgehead atoms. The molecule has 3 aromatic rings. The molecule has 11 heteroatoms. The van der Waals surface area contributed by atoms with E-state index in [1.807, 2.05) is 16.8 Å². The van der Waals surface area contributed by atoms with Crippen LogP contribution in [-0.4, -0.2) is 77.3 Å². The Morgan fingerprint density at radius 2 is 1.95 bits per heavy atom. The van der Waals surface area contributed by atoms with Crippen LogP contribution in [0.3, 0.4) is 0 Å². The molecule has 2 amide bonds. The van der Waals surface area contributed by atoms with E-state index in [1.165, 1.54) is 5.56 Å². The third-order valence-electron chi connectivity index (χ3n) is 8.97. The van der Waals surface area contributed by atoms with Gasteiger partial charge in [-0.05, 0) is 79.8 Å². The number of hydrogen-bond donors (Lipinski definition) is 4. The molecule has 6 rings (SSSR count). The molecule has 1 fully saturated rings. The minimum absolute atomic E-state index is 0.0781. The molecular weight excluding hydrogens is 550 g/mol. The summed E-state index contributed by atoms with van der Waals surface area (Å²) in [4.78, 5) is 32.0. The van der Waals surface area contributed by atoms with Gasteiger partial charge in [-0.3, -0.25) is 9.59 Å². The van der Waals surface area contributed by atoms with E-state index in [9.17, 15) is 19.8 Å². The van der Waals surface area contributed by atoms with Crippen LogP contribution in [0.15, 0.2) is 18.3 Å². The lowest BCUT2D eigenvalue weighted by molar-refractivity contribution is -0.127. The number of carbonyl (C=O) groups excluding carboxylic acids is 2. The molecule has 0 spiro atoms. The van der Waals surface area contributed by atoms with Crippen LogP contribution in [0.5, 0.6) is 0 Å². The molecule has 0 unspecified atom stereocenters. The summed E-state index contributed by atoms with van der Waals surface area (Å²) in [6.07, 6.45) is 7.14. The number of aromatic nitrogens is 3. The van der Waals surface area contributed by atoms with Crippen LogP contribution in [-0.2, 0) is 39.3 Å². The molecule has 4 N–H and O–H groups in total. The summed E-state index contributed by atoms with van der Waals surface area (Å²) in [6, 6.07) is 5.33. The quantitative estimate of drug-likeness (QED) is 0.188. The van der Waals surface area contributed by atoms with E-state index in [0.717, 1.165) is 78.2 Å². The smallest absolute Gasteiger partial charge is 0.240 e. The van der Waals surface area contributed by atoms with E-state index < -0.39 is 13.5 Å². The Morgan fingerprint density at radius 1 is 1.19 bits per heavy atom. The maximum atomic E-state index is 14.0. The Labute approximate surface area is 247 Å². The number of hydrogen-bond acceptors (Lipinski definition) is 6. The minimum atomic E-state index is -1.16. The third-order valence-corrected chi connectivity index (χ3v) is 10.7. The van der Waals surface area contributed by atoms with Gasteiger partial charge in [-0.1, -0.05) is 19.6 Å². The van der Waals surface area contributed by atoms with Crippen LogP contribution >= 0.6 is 0 Å². The highest BCUT2D eigenvalue weighted by Gasteiger charge is 2.51. The van der Waals surface area contributed by atoms with E-state index in [4.69, 9.17) is 9.84 Å². The number of carbonyl (C=O) groups is 2. The van der Waals surface area contributed by atoms with E-state index in [-0.39, 0.29) is 50.5 Å². The lowest BCUT2D eigenvalue weighted by Crippen LogP contribution is -2.46. The standard InChI is InChI=1S/C31H43N5O5Si/c1-42(2,3)14-13-41-19-35-17-20-5-4-6-22-23-15-26-24(16-25(23)33-29(22)28(20)34-35)31(9-11-37,10-12-38)30(40)36(26)18-27(39)32-21-7-8-21/h15-17,21,33,37-38H,4-14,18-19H2,1-3H3,(H,32,39). The van der Waals surface area contributed by atoms with Crippen molar-refractivity contribution in [3.63, 3.8) is 0 Å². The summed E-state index contributed by atoms with van der Waals surface area (Å²) >= 11 is 0. The van der Waals surface area contributed by atoms with Gasteiger partial charge in [0.25, 0.3) is 0 Å². The number of aliphatic hydroxyl groups is 2. The van der Waals surface area contributed by atoms with Gasteiger partial charge in [0.1, 0.15) is 19.0 Å². The summed E-state index contributed by atoms with van der Waals surface area (Å²) in [5.41, 5.74) is 5.51. The van der Waals surface area contributed by atoms with E-state index in [0.29, 0.717) is 12.4 Å². The van der Waals surface area contributed by atoms with Crippen LogP contribution < -0.4 is 10.2 Å². The highest BCUT2D eigenvalue weighted by atomic mass is 28.3. The van der Waals surface area contributed by atoms with Gasteiger partial charge in [0.15, 0.2) is 0 Å². The molecule has 1 aromatic carbocycles. The van der Waals surface area contributed by atoms with Crippen molar-refractivity contribution in [2.24, 2.45) is 0 Å². The molecule has 0 radical (unpaired) electrons. The first kappa shape index (κ1) is 29.1. The Balaban J connectivity index is 1.38. The van der Waals surface area contributed by atoms with Crippen molar-refractivity contribution < 1.29 is 24.5 Å². The Kier molecular flexibility index (Phi) is 7.80.